The SMILES string of the molecule is Cc1ccc(S(=O)(=O)Nc2nnns2)c(Br)c1. The van der Waals surface area contributed by atoms with Crippen LogP contribution >= 0.6 is 27.5 Å². The van der Waals surface area contributed by atoms with Crippen LogP contribution in [0.3, 0.4) is 0 Å². The molecule has 0 unspecified atom stereocenters. The molecule has 0 spiro atoms. The molecule has 1 aromatic carbocycles. The van der Waals surface area contributed by atoms with Crippen LogP contribution in [0.4, 0.5) is 5.13 Å². The predicted octanol–water partition coefficient (Wildman–Crippen LogP) is 1.80. The first-order valence-corrected chi connectivity index (χ1v) is 7.48. The van der Waals surface area contributed by atoms with Gasteiger partial charge in [-0.25, -0.2) is 8.42 Å². The quantitative estimate of drug-likeness (QED) is 0.925. The number of hydrogen-bond acceptors (Lipinski definition) is 6. The molecule has 0 atom stereocenters. The van der Waals surface area contributed by atoms with Crippen molar-refractivity contribution in [1.82, 2.24) is 14.8 Å². The van der Waals surface area contributed by atoms with Crippen LogP contribution in [0.15, 0.2) is 27.6 Å². The summed E-state index contributed by atoms with van der Waals surface area (Å²) in [5.74, 6) is 0. The van der Waals surface area contributed by atoms with Crippen molar-refractivity contribution >= 4 is 42.6 Å². The summed E-state index contributed by atoms with van der Waals surface area (Å²) in [6.45, 7) is 1.88. The summed E-state index contributed by atoms with van der Waals surface area (Å²) in [6.07, 6.45) is 0. The van der Waals surface area contributed by atoms with Crippen molar-refractivity contribution in [2.75, 3.05) is 4.72 Å². The van der Waals surface area contributed by atoms with Crippen LogP contribution in [-0.2, 0) is 10.0 Å². The monoisotopic (exact) mass is 334 g/mol. The average molecular weight is 335 g/mol. The Morgan fingerprint density at radius 1 is 1.41 bits per heavy atom. The highest BCUT2D eigenvalue weighted by Gasteiger charge is 2.19. The number of hydrogen-bond donors (Lipinski definition) is 1. The van der Waals surface area contributed by atoms with Gasteiger partial charge in [-0.1, -0.05) is 15.7 Å². The molecule has 0 bridgehead atoms. The summed E-state index contributed by atoms with van der Waals surface area (Å²) >= 11 is 4.10. The zero-order valence-corrected chi connectivity index (χ0v) is 11.8. The lowest BCUT2D eigenvalue weighted by molar-refractivity contribution is 0.600. The standard InChI is InChI=1S/C8H7BrN4O2S2/c1-5-2-3-7(6(9)4-5)17(14,15)11-8-10-12-13-16-8/h2-4H,1H3,(H,10,11,13). The highest BCUT2D eigenvalue weighted by molar-refractivity contribution is 9.10. The van der Waals surface area contributed by atoms with Crippen molar-refractivity contribution < 1.29 is 8.42 Å². The molecular formula is C8H7BrN4O2S2. The van der Waals surface area contributed by atoms with E-state index in [0.29, 0.717) is 4.47 Å². The number of rotatable bonds is 3. The number of nitrogens with one attached hydrogen (secondary N) is 1. The Hall–Kier alpha value is -1.06. The molecule has 0 fully saturated rings. The summed E-state index contributed by atoms with van der Waals surface area (Å²) in [4.78, 5) is 0.151. The number of anilines is 1. The van der Waals surface area contributed by atoms with E-state index in [0.717, 1.165) is 17.1 Å². The van der Waals surface area contributed by atoms with Crippen LogP contribution in [0.25, 0.3) is 0 Å². The summed E-state index contributed by atoms with van der Waals surface area (Å²) in [5.41, 5.74) is 0.966. The van der Waals surface area contributed by atoms with Gasteiger partial charge in [0.2, 0.25) is 5.13 Å². The Balaban J connectivity index is 2.38. The maximum Gasteiger partial charge on any atom is 0.264 e. The maximum atomic E-state index is 12.0. The topological polar surface area (TPSA) is 84.8 Å². The van der Waals surface area contributed by atoms with Gasteiger partial charge in [-0.05, 0) is 45.8 Å². The Bertz CT molecular complexity index is 627. The Kier molecular flexibility index (Phi) is 3.40. The molecule has 0 aliphatic rings. The van der Waals surface area contributed by atoms with E-state index in [2.05, 4.69) is 35.5 Å². The Morgan fingerprint density at radius 3 is 2.76 bits per heavy atom. The fourth-order valence-electron chi connectivity index (χ4n) is 1.17. The minimum absolute atomic E-state index is 0.137. The van der Waals surface area contributed by atoms with E-state index in [4.69, 9.17) is 0 Å². The van der Waals surface area contributed by atoms with E-state index in [9.17, 15) is 8.42 Å². The molecule has 0 saturated heterocycles. The van der Waals surface area contributed by atoms with Crippen molar-refractivity contribution in [3.63, 3.8) is 0 Å². The second-order valence-electron chi connectivity index (χ2n) is 3.21. The summed E-state index contributed by atoms with van der Waals surface area (Å²) < 4.78 is 30.3. The van der Waals surface area contributed by atoms with Crippen LogP contribution in [0.1, 0.15) is 5.56 Å². The predicted molar refractivity (Wildman–Crippen MR) is 67.4 cm³/mol. The minimum atomic E-state index is -3.66. The van der Waals surface area contributed by atoms with Crippen LogP contribution in [0, 0.1) is 6.92 Å². The normalized spacial score (nSPS) is 11.4. The third kappa shape index (κ3) is 2.79. The van der Waals surface area contributed by atoms with Gasteiger partial charge >= 0.3 is 0 Å². The molecule has 9 heteroatoms. The summed E-state index contributed by atoms with van der Waals surface area (Å²) in [7, 11) is -3.66. The maximum absolute atomic E-state index is 12.0. The van der Waals surface area contributed by atoms with Crippen molar-refractivity contribution in [3.8, 4) is 0 Å². The Labute approximate surface area is 110 Å². The molecule has 2 aromatic rings. The average Bonchev–Trinajstić information content (AvgIpc) is 2.68. The first kappa shape index (κ1) is 12.4. The third-order valence-electron chi connectivity index (χ3n) is 1.90. The molecule has 0 saturated carbocycles. The van der Waals surface area contributed by atoms with Crippen LogP contribution in [-0.4, -0.2) is 23.2 Å². The van der Waals surface area contributed by atoms with Crippen molar-refractivity contribution in [1.29, 1.82) is 0 Å². The highest BCUT2D eigenvalue weighted by Crippen LogP contribution is 2.25. The second kappa shape index (κ2) is 4.67. The third-order valence-corrected chi connectivity index (χ3v) is 4.85. The van der Waals surface area contributed by atoms with Gasteiger partial charge in [-0.3, -0.25) is 4.72 Å². The van der Waals surface area contributed by atoms with Crippen LogP contribution in [0.2, 0.25) is 0 Å². The summed E-state index contributed by atoms with van der Waals surface area (Å²) in [6, 6.07) is 4.97. The molecule has 6 nitrogen and oxygen atoms in total. The van der Waals surface area contributed by atoms with E-state index < -0.39 is 10.0 Å². The fourth-order valence-corrected chi connectivity index (χ4v) is 3.94. The molecule has 90 valence electrons. The van der Waals surface area contributed by atoms with Gasteiger partial charge in [0, 0.05) is 16.0 Å². The number of sulfonamides is 1. The van der Waals surface area contributed by atoms with Crippen molar-refractivity contribution in [2.45, 2.75) is 11.8 Å². The molecule has 17 heavy (non-hydrogen) atoms. The lowest BCUT2D eigenvalue weighted by atomic mass is 10.2. The minimum Gasteiger partial charge on any atom is -0.252 e. The van der Waals surface area contributed by atoms with E-state index in [1.807, 2.05) is 6.92 Å². The number of aromatic nitrogens is 3. The van der Waals surface area contributed by atoms with E-state index in [1.54, 1.807) is 12.1 Å². The van der Waals surface area contributed by atoms with E-state index >= 15 is 0 Å². The molecule has 1 heterocycles. The number of halogens is 1. The lowest BCUT2D eigenvalue weighted by Gasteiger charge is -2.06. The van der Waals surface area contributed by atoms with Gasteiger partial charge in [0.25, 0.3) is 10.0 Å². The largest absolute Gasteiger partial charge is 0.264 e. The molecule has 1 aromatic heterocycles. The van der Waals surface area contributed by atoms with Gasteiger partial charge in [0.1, 0.15) is 4.90 Å². The van der Waals surface area contributed by atoms with Gasteiger partial charge in [-0.15, -0.1) is 0 Å². The molecule has 1 N–H and O–H groups in total. The van der Waals surface area contributed by atoms with Gasteiger partial charge in [0.15, 0.2) is 0 Å². The smallest absolute Gasteiger partial charge is 0.252 e. The fraction of sp³-hybridized carbons (Fsp3) is 0.125. The van der Waals surface area contributed by atoms with Crippen molar-refractivity contribution in [3.05, 3.63) is 28.2 Å². The number of benzene rings is 1. The van der Waals surface area contributed by atoms with Crippen LogP contribution < -0.4 is 4.72 Å². The summed E-state index contributed by atoms with van der Waals surface area (Å²) in [5, 5.41) is 6.98. The second-order valence-corrected chi connectivity index (χ2v) is 6.44. The van der Waals surface area contributed by atoms with E-state index in [-0.39, 0.29) is 10.0 Å². The lowest BCUT2D eigenvalue weighted by Crippen LogP contribution is -2.13. The van der Waals surface area contributed by atoms with Gasteiger partial charge in [-0.2, -0.15) is 0 Å². The van der Waals surface area contributed by atoms with Gasteiger partial charge in [0.05, 0.1) is 0 Å². The molecule has 0 aliphatic carbocycles. The number of nitrogens with zero attached hydrogens (tertiary/aromatic N) is 3. The van der Waals surface area contributed by atoms with Crippen molar-refractivity contribution in [2.24, 2.45) is 0 Å². The van der Waals surface area contributed by atoms with E-state index in [1.165, 1.54) is 6.07 Å². The molecule has 2 rings (SSSR count). The van der Waals surface area contributed by atoms with Gasteiger partial charge < -0.3 is 0 Å². The number of aryl methyl sites for hydroxylation is 1. The molecule has 0 radical (unpaired) electrons. The molecule has 0 amide bonds. The highest BCUT2D eigenvalue weighted by atomic mass is 79.9. The zero-order chi connectivity index (χ0) is 12.5. The van der Waals surface area contributed by atoms with Crippen LogP contribution in [0.5, 0.6) is 0 Å². The first-order chi connectivity index (χ1) is 7.99. The molecular weight excluding hydrogens is 328 g/mol. The zero-order valence-electron chi connectivity index (χ0n) is 8.58. The first-order valence-electron chi connectivity index (χ1n) is 4.43. The Morgan fingerprint density at radius 2 is 2.18 bits per heavy atom. The molecule has 0 aliphatic heterocycles.